The van der Waals surface area contributed by atoms with Gasteiger partial charge in [0.05, 0.1) is 17.5 Å². The first-order valence-electron chi connectivity index (χ1n) is 13.4. The molecule has 1 aliphatic rings. The molecule has 13 heteroatoms. The lowest BCUT2D eigenvalue weighted by molar-refractivity contribution is -0.123. The zero-order chi connectivity index (χ0) is 30.8. The number of hydrogen-bond donors (Lipinski definition) is 4. The number of carbonyl (C=O) groups is 2. The number of methoxy groups -OCH3 is 1. The maximum absolute atomic E-state index is 8.36. The minimum absolute atomic E-state index is 0.250. The second kappa shape index (κ2) is 15.0. The van der Waals surface area contributed by atoms with Crippen LogP contribution >= 0.6 is 11.3 Å². The Balaban J connectivity index is 0.000000653. The third-order valence-electron chi connectivity index (χ3n) is 6.86. The van der Waals surface area contributed by atoms with Crippen LogP contribution in [0.25, 0.3) is 26.0 Å². The maximum atomic E-state index is 8.36. The van der Waals surface area contributed by atoms with E-state index >= 15 is 0 Å². The number of carboxylic acid groups (broad SMARTS) is 2. The molecule has 43 heavy (non-hydrogen) atoms. The lowest BCUT2D eigenvalue weighted by atomic mass is 10.1. The molecule has 0 unspecified atom stereocenters. The van der Waals surface area contributed by atoms with E-state index in [9.17, 15) is 0 Å². The van der Waals surface area contributed by atoms with Crippen molar-refractivity contribution in [2.24, 2.45) is 0 Å². The molecule has 226 valence electrons. The Labute approximate surface area is 252 Å². The largest absolute Gasteiger partial charge is 0.495 e. The van der Waals surface area contributed by atoms with E-state index in [4.69, 9.17) is 35.0 Å². The molecule has 0 aliphatic carbocycles. The van der Waals surface area contributed by atoms with Gasteiger partial charge in [-0.2, -0.15) is 5.10 Å². The molecular weight excluding hydrogens is 572 g/mol. The fourth-order valence-corrected chi connectivity index (χ4v) is 6.30. The molecule has 3 aromatic heterocycles. The fourth-order valence-electron chi connectivity index (χ4n) is 5.10. The number of nitrogen functional groups attached to an aromatic ring is 1. The number of piperazine rings is 1. The molecule has 0 amide bonds. The van der Waals surface area contributed by atoms with Gasteiger partial charge < -0.3 is 30.7 Å². The van der Waals surface area contributed by atoms with Gasteiger partial charge in [0.1, 0.15) is 29.9 Å². The maximum Gasteiger partial charge on any atom is 0.290 e. The van der Waals surface area contributed by atoms with Crippen LogP contribution in [0.5, 0.6) is 11.5 Å². The molecule has 0 radical (unpaired) electrons. The van der Waals surface area contributed by atoms with Crippen LogP contribution in [0.2, 0.25) is 0 Å². The van der Waals surface area contributed by atoms with Gasteiger partial charge in [-0.1, -0.05) is 24.3 Å². The smallest absolute Gasteiger partial charge is 0.290 e. The van der Waals surface area contributed by atoms with E-state index in [1.807, 2.05) is 34.8 Å². The number of hydrogen-bond acceptors (Lipinski definition) is 10. The molecular formula is C30H34N6O6S. The van der Waals surface area contributed by atoms with Gasteiger partial charge in [-0.25, -0.2) is 9.50 Å². The quantitative estimate of drug-likeness (QED) is 0.199. The predicted octanol–water partition coefficient (Wildman–Crippen LogP) is 3.90. The second-order valence-corrected chi connectivity index (χ2v) is 10.6. The number of aryl methyl sites for hydroxylation is 1. The molecule has 0 atom stereocenters. The molecule has 1 aliphatic heterocycles. The van der Waals surface area contributed by atoms with Crippen molar-refractivity contribution in [3.63, 3.8) is 0 Å². The normalized spacial score (nSPS) is 13.0. The molecule has 0 spiro atoms. The van der Waals surface area contributed by atoms with Crippen molar-refractivity contribution in [2.45, 2.75) is 20.1 Å². The third kappa shape index (κ3) is 7.20. The van der Waals surface area contributed by atoms with Crippen molar-refractivity contribution >= 4 is 45.7 Å². The number of ether oxygens (including phenoxy) is 2. The first-order valence-corrected chi connectivity index (χ1v) is 14.2. The van der Waals surface area contributed by atoms with E-state index in [1.54, 1.807) is 18.4 Å². The van der Waals surface area contributed by atoms with Crippen molar-refractivity contribution in [1.82, 2.24) is 24.8 Å². The molecule has 12 nitrogen and oxygen atoms in total. The van der Waals surface area contributed by atoms with Crippen LogP contribution in [0.1, 0.15) is 16.8 Å². The molecule has 1 fully saturated rings. The average molecular weight is 607 g/mol. The van der Waals surface area contributed by atoms with Crippen molar-refractivity contribution in [1.29, 1.82) is 0 Å². The lowest BCUT2D eigenvalue weighted by Crippen LogP contribution is -2.43. The number of thiophene rings is 1. The van der Waals surface area contributed by atoms with E-state index in [0.29, 0.717) is 12.4 Å². The van der Waals surface area contributed by atoms with Crippen molar-refractivity contribution < 1.29 is 29.3 Å². The summed E-state index contributed by atoms with van der Waals surface area (Å²) >= 11 is 1.70. The molecule has 2 aromatic carbocycles. The van der Waals surface area contributed by atoms with Crippen molar-refractivity contribution in [3.8, 4) is 21.9 Å². The Morgan fingerprint density at radius 3 is 2.47 bits per heavy atom. The number of nitrogens with zero attached hydrogens (tertiary/aromatic N) is 4. The molecule has 0 bridgehead atoms. The first kappa shape index (κ1) is 31.2. The van der Waals surface area contributed by atoms with E-state index in [-0.39, 0.29) is 12.9 Å². The van der Waals surface area contributed by atoms with Gasteiger partial charge in [-0.15, -0.1) is 11.3 Å². The number of nitrogens with two attached hydrogens (primary N) is 1. The number of anilines is 1. The van der Waals surface area contributed by atoms with Gasteiger partial charge in [0.15, 0.2) is 5.82 Å². The van der Waals surface area contributed by atoms with Crippen LogP contribution in [0.3, 0.4) is 0 Å². The van der Waals surface area contributed by atoms with E-state index in [0.717, 1.165) is 87.1 Å². The standard InChI is InChI=1S/C28H30N6O2S.2CH2O2/c1-18-12-19-14-24(37-27(19)23(13-18)35-2)25-21(16-36-20-6-4-3-5-7-20)22(15-33-10-8-30-9-11-33)34-26(25)28(29)31-17-32-34;2*2-1-3/h3-7,12-14,17,30H,8-11,15-16H2,1-2H3,(H2,29,31,32);2*1H,(H,2,3). The summed E-state index contributed by atoms with van der Waals surface area (Å²) in [7, 11) is 1.72. The summed E-state index contributed by atoms with van der Waals surface area (Å²) in [6.07, 6.45) is 1.53. The van der Waals surface area contributed by atoms with Gasteiger partial charge in [-0.3, -0.25) is 14.5 Å². The van der Waals surface area contributed by atoms with Gasteiger partial charge >= 0.3 is 0 Å². The Morgan fingerprint density at radius 1 is 1.09 bits per heavy atom. The second-order valence-electron chi connectivity index (χ2n) is 9.54. The number of fused-ring (bicyclic) bond motifs is 2. The molecule has 1 saturated heterocycles. The highest BCUT2D eigenvalue weighted by molar-refractivity contribution is 7.22. The highest BCUT2D eigenvalue weighted by Crippen LogP contribution is 2.44. The fraction of sp³-hybridized carbons (Fsp3) is 0.267. The molecule has 6 rings (SSSR count). The van der Waals surface area contributed by atoms with Crippen LogP contribution < -0.4 is 20.5 Å². The van der Waals surface area contributed by atoms with Crippen LogP contribution in [0.4, 0.5) is 5.82 Å². The van der Waals surface area contributed by atoms with Gasteiger partial charge in [0, 0.05) is 48.7 Å². The highest BCUT2D eigenvalue weighted by Gasteiger charge is 2.26. The summed E-state index contributed by atoms with van der Waals surface area (Å²) < 4.78 is 15.1. The monoisotopic (exact) mass is 606 g/mol. The Kier molecular flexibility index (Phi) is 10.9. The summed E-state index contributed by atoms with van der Waals surface area (Å²) in [6, 6.07) is 16.4. The molecule has 4 heterocycles. The van der Waals surface area contributed by atoms with Gasteiger partial charge in [0.2, 0.25) is 0 Å². The number of nitrogens with one attached hydrogen (secondary N) is 1. The number of aromatic nitrogens is 3. The summed E-state index contributed by atoms with van der Waals surface area (Å²) in [6.45, 7) is 6.62. The Hall–Kier alpha value is -4.72. The Morgan fingerprint density at radius 2 is 1.79 bits per heavy atom. The van der Waals surface area contributed by atoms with E-state index in [1.165, 1.54) is 6.33 Å². The topological polar surface area (TPSA) is 165 Å². The molecule has 0 saturated carbocycles. The zero-order valence-electron chi connectivity index (χ0n) is 23.9. The van der Waals surface area contributed by atoms with E-state index in [2.05, 4.69) is 45.4 Å². The minimum atomic E-state index is -0.250. The average Bonchev–Trinajstić information content (AvgIpc) is 3.57. The highest BCUT2D eigenvalue weighted by atomic mass is 32.1. The van der Waals surface area contributed by atoms with Crippen LogP contribution in [-0.4, -0.2) is 75.9 Å². The first-order chi connectivity index (χ1) is 20.9. The summed E-state index contributed by atoms with van der Waals surface area (Å²) in [5, 5.41) is 23.0. The number of benzene rings is 2. The summed E-state index contributed by atoms with van der Waals surface area (Å²) in [5.41, 5.74) is 11.7. The lowest BCUT2D eigenvalue weighted by Gasteiger charge is -2.27. The van der Waals surface area contributed by atoms with Crippen molar-refractivity contribution in [2.75, 3.05) is 39.0 Å². The number of para-hydroxylation sites is 1. The summed E-state index contributed by atoms with van der Waals surface area (Å²) in [5.74, 6) is 2.16. The number of rotatable bonds is 7. The van der Waals surface area contributed by atoms with E-state index < -0.39 is 0 Å². The SMILES string of the molecule is COc1cc(C)cc2cc(-c3c(COc4ccccc4)c(CN4CCNCC4)n4ncnc(N)c34)sc12.O=CO.O=CO. The van der Waals surface area contributed by atoms with Crippen LogP contribution in [-0.2, 0) is 22.7 Å². The summed E-state index contributed by atoms with van der Waals surface area (Å²) in [4.78, 5) is 24.6. The third-order valence-corrected chi connectivity index (χ3v) is 8.05. The Bertz CT molecular complexity index is 1660. The van der Waals surface area contributed by atoms with Gasteiger partial charge in [-0.05, 0) is 42.1 Å². The molecule has 5 N–H and O–H groups in total. The van der Waals surface area contributed by atoms with Crippen molar-refractivity contribution in [3.05, 3.63) is 71.7 Å². The van der Waals surface area contributed by atoms with Crippen LogP contribution in [0.15, 0.2) is 54.9 Å². The molecule has 5 aromatic rings. The zero-order valence-corrected chi connectivity index (χ0v) is 24.7. The van der Waals surface area contributed by atoms with Gasteiger partial charge in [0.25, 0.3) is 12.9 Å². The van der Waals surface area contributed by atoms with Crippen LogP contribution in [0, 0.1) is 6.92 Å². The predicted molar refractivity (Wildman–Crippen MR) is 166 cm³/mol. The minimum Gasteiger partial charge on any atom is -0.495 e.